The molecule has 3 aromatic rings. The highest BCUT2D eigenvalue weighted by Gasteiger charge is 2.24. The third-order valence-corrected chi connectivity index (χ3v) is 6.25. The van der Waals surface area contributed by atoms with Crippen LogP contribution >= 0.6 is 0 Å². The Morgan fingerprint density at radius 2 is 1.93 bits per heavy atom. The Hall–Kier alpha value is -2.54. The van der Waals surface area contributed by atoms with Gasteiger partial charge < -0.3 is 4.57 Å². The fraction of sp³-hybridized carbons (Fsp3) is 0.524. The summed E-state index contributed by atoms with van der Waals surface area (Å²) in [6, 6.07) is 7.62. The number of fused-ring (bicyclic) bond motifs is 2. The van der Waals surface area contributed by atoms with Gasteiger partial charge in [0.05, 0.1) is 17.4 Å². The molecular formula is C21H26N6O. The molecule has 1 aromatic carbocycles. The first-order valence-corrected chi connectivity index (χ1v) is 10.3. The zero-order valence-corrected chi connectivity index (χ0v) is 16.3. The Morgan fingerprint density at radius 1 is 1.11 bits per heavy atom. The molecule has 28 heavy (non-hydrogen) atoms. The summed E-state index contributed by atoms with van der Waals surface area (Å²) in [5.74, 6) is 3.57. The van der Waals surface area contributed by atoms with E-state index in [0.717, 1.165) is 75.0 Å². The molecule has 0 atom stereocenters. The van der Waals surface area contributed by atoms with E-state index in [1.165, 1.54) is 6.42 Å². The minimum atomic E-state index is 0.0875. The second kappa shape index (κ2) is 7.13. The van der Waals surface area contributed by atoms with E-state index in [4.69, 9.17) is 0 Å². The zero-order valence-electron chi connectivity index (χ0n) is 16.3. The molecule has 0 saturated carbocycles. The van der Waals surface area contributed by atoms with Crippen LogP contribution in [0.3, 0.4) is 0 Å². The smallest absolute Gasteiger partial charge is 0.261 e. The molecule has 5 rings (SSSR count). The van der Waals surface area contributed by atoms with E-state index >= 15 is 0 Å². The van der Waals surface area contributed by atoms with Crippen molar-refractivity contribution in [2.24, 2.45) is 5.92 Å². The summed E-state index contributed by atoms with van der Waals surface area (Å²) in [5, 5.41) is 9.42. The number of benzene rings is 1. The monoisotopic (exact) mass is 378 g/mol. The van der Waals surface area contributed by atoms with E-state index in [-0.39, 0.29) is 5.56 Å². The highest BCUT2D eigenvalue weighted by molar-refractivity contribution is 5.77. The van der Waals surface area contributed by atoms with Gasteiger partial charge in [-0.15, -0.1) is 10.2 Å². The van der Waals surface area contributed by atoms with Gasteiger partial charge in [-0.25, -0.2) is 4.98 Å². The van der Waals surface area contributed by atoms with Crippen LogP contribution in [0, 0.1) is 12.8 Å². The van der Waals surface area contributed by atoms with E-state index < -0.39 is 0 Å². The van der Waals surface area contributed by atoms with Gasteiger partial charge in [-0.1, -0.05) is 12.1 Å². The minimum Gasteiger partial charge on any atom is -0.314 e. The largest absolute Gasteiger partial charge is 0.314 e. The molecule has 0 bridgehead atoms. The van der Waals surface area contributed by atoms with Crippen molar-refractivity contribution in [2.75, 3.05) is 13.1 Å². The van der Waals surface area contributed by atoms with Gasteiger partial charge in [-0.05, 0) is 57.3 Å². The topological polar surface area (TPSA) is 68.8 Å². The van der Waals surface area contributed by atoms with Crippen LogP contribution in [0.2, 0.25) is 0 Å². The lowest BCUT2D eigenvalue weighted by Gasteiger charge is -2.32. The van der Waals surface area contributed by atoms with Crippen LogP contribution in [-0.2, 0) is 26.1 Å². The van der Waals surface area contributed by atoms with Crippen LogP contribution in [0.15, 0.2) is 29.1 Å². The summed E-state index contributed by atoms with van der Waals surface area (Å²) in [6.45, 7) is 6.73. The third-order valence-electron chi connectivity index (χ3n) is 6.25. The molecule has 1 saturated heterocycles. The standard InChI is InChI=1S/C21H26N6O/c1-15-22-18-6-3-2-5-17(18)21(28)27(15)13-16-8-11-25(12-9-16)14-20-24-23-19-7-4-10-26(19)20/h2-3,5-6,16H,4,7-14H2,1H3. The number of aromatic nitrogens is 5. The van der Waals surface area contributed by atoms with E-state index in [0.29, 0.717) is 11.3 Å². The van der Waals surface area contributed by atoms with Gasteiger partial charge in [0.2, 0.25) is 0 Å². The molecule has 2 aromatic heterocycles. The number of para-hydroxylation sites is 1. The zero-order chi connectivity index (χ0) is 19.1. The van der Waals surface area contributed by atoms with Crippen molar-refractivity contribution in [3.8, 4) is 0 Å². The van der Waals surface area contributed by atoms with Crippen LogP contribution < -0.4 is 5.56 Å². The van der Waals surface area contributed by atoms with Crippen molar-refractivity contribution < 1.29 is 0 Å². The highest BCUT2D eigenvalue weighted by Crippen LogP contribution is 2.22. The Bertz CT molecular complexity index is 1060. The predicted octanol–water partition coefficient (Wildman–Crippen LogP) is 2.15. The average molecular weight is 378 g/mol. The molecule has 7 heteroatoms. The van der Waals surface area contributed by atoms with Crippen LogP contribution in [0.1, 0.15) is 36.7 Å². The van der Waals surface area contributed by atoms with E-state index in [2.05, 4.69) is 24.6 Å². The van der Waals surface area contributed by atoms with Crippen molar-refractivity contribution in [3.05, 3.63) is 52.1 Å². The number of aryl methyl sites for hydroxylation is 2. The number of piperidine rings is 1. The predicted molar refractivity (Wildman–Crippen MR) is 107 cm³/mol. The summed E-state index contributed by atoms with van der Waals surface area (Å²) in [4.78, 5) is 20.0. The van der Waals surface area contributed by atoms with Gasteiger partial charge in [0.25, 0.3) is 5.56 Å². The summed E-state index contributed by atoms with van der Waals surface area (Å²) in [7, 11) is 0. The molecule has 1 fully saturated rings. The van der Waals surface area contributed by atoms with E-state index in [1.807, 2.05) is 35.8 Å². The Balaban J connectivity index is 1.25. The van der Waals surface area contributed by atoms with Gasteiger partial charge in [-0.3, -0.25) is 14.3 Å². The first-order valence-electron chi connectivity index (χ1n) is 10.3. The summed E-state index contributed by atoms with van der Waals surface area (Å²) in [6.07, 6.45) is 4.44. The number of rotatable bonds is 4. The molecule has 0 aliphatic carbocycles. The van der Waals surface area contributed by atoms with E-state index in [9.17, 15) is 4.79 Å². The van der Waals surface area contributed by atoms with Gasteiger partial charge in [-0.2, -0.15) is 0 Å². The lowest BCUT2D eigenvalue weighted by atomic mass is 9.96. The molecule has 4 heterocycles. The Morgan fingerprint density at radius 3 is 2.79 bits per heavy atom. The third kappa shape index (κ3) is 3.13. The summed E-state index contributed by atoms with van der Waals surface area (Å²) in [5.41, 5.74) is 0.876. The fourth-order valence-electron chi connectivity index (χ4n) is 4.61. The Labute approximate surface area is 164 Å². The van der Waals surface area contributed by atoms with Gasteiger partial charge in [0.1, 0.15) is 17.5 Å². The molecule has 0 amide bonds. The van der Waals surface area contributed by atoms with Gasteiger partial charge >= 0.3 is 0 Å². The number of hydrogen-bond acceptors (Lipinski definition) is 5. The molecule has 0 radical (unpaired) electrons. The van der Waals surface area contributed by atoms with Crippen molar-refractivity contribution in [1.29, 1.82) is 0 Å². The molecule has 2 aliphatic heterocycles. The highest BCUT2D eigenvalue weighted by atomic mass is 16.1. The second-order valence-corrected chi connectivity index (χ2v) is 8.10. The number of nitrogens with zero attached hydrogens (tertiary/aromatic N) is 6. The quantitative estimate of drug-likeness (QED) is 0.696. The lowest BCUT2D eigenvalue weighted by Crippen LogP contribution is -2.37. The van der Waals surface area contributed by atoms with Gasteiger partial charge in [0.15, 0.2) is 0 Å². The maximum Gasteiger partial charge on any atom is 0.261 e. The summed E-state index contributed by atoms with van der Waals surface area (Å²) < 4.78 is 4.16. The van der Waals surface area contributed by atoms with Crippen molar-refractivity contribution >= 4 is 10.9 Å². The molecule has 0 unspecified atom stereocenters. The molecular weight excluding hydrogens is 352 g/mol. The number of likely N-dealkylation sites (tertiary alicyclic amines) is 1. The number of hydrogen-bond donors (Lipinski definition) is 0. The maximum atomic E-state index is 12.9. The molecule has 7 nitrogen and oxygen atoms in total. The Kier molecular flexibility index (Phi) is 4.47. The average Bonchev–Trinajstić information content (AvgIpc) is 3.32. The molecule has 0 spiro atoms. The SMILES string of the molecule is Cc1nc2ccccc2c(=O)n1CC1CCN(Cc2nnc3n2CCC3)CC1. The molecule has 2 aliphatic rings. The van der Waals surface area contributed by atoms with Gasteiger partial charge in [0, 0.05) is 19.5 Å². The fourth-order valence-corrected chi connectivity index (χ4v) is 4.61. The first-order chi connectivity index (χ1) is 13.7. The van der Waals surface area contributed by atoms with Crippen molar-refractivity contribution in [1.82, 2.24) is 29.2 Å². The van der Waals surface area contributed by atoms with Crippen LogP contribution in [0.4, 0.5) is 0 Å². The lowest BCUT2D eigenvalue weighted by molar-refractivity contribution is 0.161. The normalized spacial score (nSPS) is 18.0. The van der Waals surface area contributed by atoms with Crippen molar-refractivity contribution in [2.45, 2.75) is 52.2 Å². The van der Waals surface area contributed by atoms with Crippen molar-refractivity contribution in [3.63, 3.8) is 0 Å². The molecule has 146 valence electrons. The molecule has 0 N–H and O–H groups in total. The first kappa shape index (κ1) is 17.6. The minimum absolute atomic E-state index is 0.0875. The van der Waals surface area contributed by atoms with E-state index in [1.54, 1.807) is 0 Å². The van der Waals surface area contributed by atoms with Crippen LogP contribution in [-0.4, -0.2) is 42.3 Å². The van der Waals surface area contributed by atoms with Crippen LogP contribution in [0.25, 0.3) is 10.9 Å². The second-order valence-electron chi connectivity index (χ2n) is 8.10. The van der Waals surface area contributed by atoms with Crippen LogP contribution in [0.5, 0.6) is 0 Å². The summed E-state index contributed by atoms with van der Waals surface area (Å²) >= 11 is 0. The maximum absolute atomic E-state index is 12.9.